The van der Waals surface area contributed by atoms with Gasteiger partial charge in [0.05, 0.1) is 0 Å². The topological polar surface area (TPSA) is 54.4 Å². The van der Waals surface area contributed by atoms with Gasteiger partial charge >= 0.3 is 86.6 Å². The van der Waals surface area contributed by atoms with E-state index in [0.29, 0.717) is 4.71 Å². The summed E-state index contributed by atoms with van der Waals surface area (Å²) in [4.78, 5) is 0. The molecule has 0 aromatic rings. The van der Waals surface area contributed by atoms with Crippen molar-refractivity contribution >= 4 is 25.9 Å². The fraction of sp³-hybridized carbons (Fsp3) is 1.00. The molecule has 0 aliphatic heterocycles. The van der Waals surface area contributed by atoms with Crippen LogP contribution in [0.4, 0.5) is 0 Å². The van der Waals surface area contributed by atoms with Crippen molar-refractivity contribution in [3.8, 4) is 0 Å². The van der Waals surface area contributed by atoms with Crippen molar-refractivity contribution in [2.45, 2.75) is 47.8 Å². The Labute approximate surface area is 86.7 Å². The third kappa shape index (κ3) is 4.01. The Morgan fingerprint density at radius 3 is 2.31 bits per heavy atom. The minimum absolute atomic E-state index is 0.462. The monoisotopic (exact) mass is 268 g/mol. The minimum atomic E-state index is -3.75. The third-order valence-corrected chi connectivity index (χ3v) is 9.18. The van der Waals surface area contributed by atoms with Crippen molar-refractivity contribution in [2.24, 2.45) is 0 Å². The molecule has 0 heterocycles. The van der Waals surface area contributed by atoms with E-state index in [1.165, 1.54) is 32.1 Å². The summed E-state index contributed by atoms with van der Waals surface area (Å²) in [5.74, 6) is 0. The first kappa shape index (κ1) is 11.5. The summed E-state index contributed by atoms with van der Waals surface area (Å²) in [6.45, 7) is 1.64. The number of rotatable bonds is 3. The molecule has 1 fully saturated rings. The van der Waals surface area contributed by atoms with E-state index in [2.05, 4.69) is 0 Å². The van der Waals surface area contributed by atoms with E-state index in [4.69, 9.17) is 4.55 Å². The van der Waals surface area contributed by atoms with E-state index in [-0.39, 0.29) is 0 Å². The van der Waals surface area contributed by atoms with Crippen LogP contribution in [0.1, 0.15) is 39.0 Å². The maximum atomic E-state index is 10.8. The van der Waals surface area contributed by atoms with Crippen molar-refractivity contribution in [1.29, 1.82) is 0 Å². The Morgan fingerprint density at radius 2 is 1.85 bits per heavy atom. The van der Waals surface area contributed by atoms with Gasteiger partial charge in [-0.15, -0.1) is 0 Å². The standard InChI is InChI=1S/C8H17AsO3S/c1-7(13(10,11)12)9-8-5-3-2-4-6-8/h7-9H,2-6H2,1H3,(H,10,11,12). The maximum absolute atomic E-state index is 10.8. The van der Waals surface area contributed by atoms with Gasteiger partial charge in [-0.3, -0.25) is 0 Å². The molecule has 0 aromatic carbocycles. The summed E-state index contributed by atoms with van der Waals surface area (Å²) in [7, 11) is -3.75. The van der Waals surface area contributed by atoms with Crippen LogP contribution in [-0.2, 0) is 10.1 Å². The summed E-state index contributed by atoms with van der Waals surface area (Å²) < 4.78 is 30.6. The van der Waals surface area contributed by atoms with Gasteiger partial charge in [0, 0.05) is 0 Å². The zero-order valence-corrected chi connectivity index (χ0v) is 10.8. The third-order valence-electron chi connectivity index (χ3n) is 2.52. The summed E-state index contributed by atoms with van der Waals surface area (Å²) >= 11 is -0.525. The molecule has 1 aliphatic rings. The summed E-state index contributed by atoms with van der Waals surface area (Å²) in [5.41, 5.74) is 0. The Kier molecular flexibility index (Phi) is 4.27. The zero-order valence-electron chi connectivity index (χ0n) is 7.86. The van der Waals surface area contributed by atoms with Gasteiger partial charge in [-0.1, -0.05) is 0 Å². The molecule has 3 nitrogen and oxygen atoms in total. The second-order valence-corrected chi connectivity index (χ2v) is 10.5. The predicted octanol–water partition coefficient (Wildman–Crippen LogP) is 1.41. The van der Waals surface area contributed by atoms with E-state index in [9.17, 15) is 8.42 Å². The fourth-order valence-corrected chi connectivity index (χ4v) is 6.89. The molecule has 2 unspecified atom stereocenters. The Hall–Kier alpha value is 0.468. The Morgan fingerprint density at radius 1 is 1.31 bits per heavy atom. The number of hydrogen-bond donors (Lipinski definition) is 1. The van der Waals surface area contributed by atoms with Crippen molar-refractivity contribution in [3.63, 3.8) is 0 Å². The molecule has 0 saturated heterocycles. The Bertz CT molecular complexity index is 244. The Balaban J connectivity index is 2.39. The van der Waals surface area contributed by atoms with Crippen molar-refractivity contribution in [1.82, 2.24) is 0 Å². The van der Waals surface area contributed by atoms with Crippen LogP contribution < -0.4 is 0 Å². The van der Waals surface area contributed by atoms with Gasteiger partial charge in [0.2, 0.25) is 0 Å². The van der Waals surface area contributed by atoms with Crippen molar-refractivity contribution in [2.75, 3.05) is 0 Å². The van der Waals surface area contributed by atoms with E-state index in [0.717, 1.165) is 0 Å². The van der Waals surface area contributed by atoms with E-state index in [1.54, 1.807) is 6.92 Å². The second-order valence-electron chi connectivity index (χ2n) is 3.66. The predicted molar refractivity (Wildman–Crippen MR) is 55.0 cm³/mol. The second kappa shape index (κ2) is 4.81. The van der Waals surface area contributed by atoms with Gasteiger partial charge < -0.3 is 0 Å². The molecule has 1 saturated carbocycles. The molecule has 1 aliphatic carbocycles. The van der Waals surface area contributed by atoms with Crippen LogP contribution in [-0.4, -0.2) is 32.8 Å². The van der Waals surface area contributed by atoms with Crippen molar-refractivity contribution in [3.05, 3.63) is 0 Å². The van der Waals surface area contributed by atoms with Crippen LogP contribution >= 0.6 is 0 Å². The van der Waals surface area contributed by atoms with E-state index in [1.807, 2.05) is 0 Å². The average molecular weight is 268 g/mol. The first-order valence-electron chi connectivity index (χ1n) is 4.72. The van der Waals surface area contributed by atoms with Crippen LogP contribution in [0.3, 0.4) is 0 Å². The first-order chi connectivity index (χ1) is 6.00. The molecule has 0 bridgehead atoms. The molecule has 2 atom stereocenters. The van der Waals surface area contributed by atoms with Crippen LogP contribution in [0, 0.1) is 0 Å². The van der Waals surface area contributed by atoms with Gasteiger partial charge in [-0.05, 0) is 0 Å². The molecule has 78 valence electrons. The normalized spacial score (nSPS) is 23.8. The van der Waals surface area contributed by atoms with Gasteiger partial charge in [-0.2, -0.15) is 0 Å². The van der Waals surface area contributed by atoms with E-state index < -0.39 is 29.9 Å². The summed E-state index contributed by atoms with van der Waals surface area (Å²) in [6.07, 6.45) is 6.14. The molecular weight excluding hydrogens is 251 g/mol. The number of hydrogen-bond acceptors (Lipinski definition) is 2. The quantitative estimate of drug-likeness (QED) is 0.622. The van der Waals surface area contributed by atoms with Gasteiger partial charge in [0.1, 0.15) is 0 Å². The van der Waals surface area contributed by atoms with Gasteiger partial charge in [-0.25, -0.2) is 0 Å². The fourth-order valence-electron chi connectivity index (χ4n) is 1.69. The van der Waals surface area contributed by atoms with Gasteiger partial charge in [0.15, 0.2) is 0 Å². The van der Waals surface area contributed by atoms with Crippen LogP contribution in [0.25, 0.3) is 0 Å². The SMILES string of the molecule is CC([AsH]C1CCCCC1)S(=O)(=O)O. The molecule has 0 amide bonds. The molecule has 0 aromatic heterocycles. The van der Waals surface area contributed by atoms with Crippen LogP contribution in [0.5, 0.6) is 0 Å². The molecular formula is C8H17AsO3S. The molecule has 0 spiro atoms. The van der Waals surface area contributed by atoms with Gasteiger partial charge in [0.25, 0.3) is 0 Å². The first-order valence-corrected chi connectivity index (χ1v) is 8.65. The van der Waals surface area contributed by atoms with Crippen molar-refractivity contribution < 1.29 is 13.0 Å². The molecule has 1 N–H and O–H groups in total. The van der Waals surface area contributed by atoms with E-state index >= 15 is 0 Å². The van der Waals surface area contributed by atoms with Crippen LogP contribution in [0.2, 0.25) is 4.71 Å². The summed E-state index contributed by atoms with van der Waals surface area (Å²) in [6, 6.07) is 0. The average Bonchev–Trinajstić information content (AvgIpc) is 2.04. The molecule has 0 radical (unpaired) electrons. The molecule has 1 rings (SSSR count). The molecule has 13 heavy (non-hydrogen) atoms. The molecule has 5 heteroatoms. The van der Waals surface area contributed by atoms with Crippen LogP contribution in [0.15, 0.2) is 0 Å². The summed E-state index contributed by atoms with van der Waals surface area (Å²) in [5, 5.41) is 0. The zero-order chi connectivity index (χ0) is 9.90.